The Bertz CT molecular complexity index is 1360. The van der Waals surface area contributed by atoms with Crippen molar-refractivity contribution in [2.24, 2.45) is 11.8 Å². The topological polar surface area (TPSA) is 81.5 Å². The van der Waals surface area contributed by atoms with Crippen LogP contribution in [-0.4, -0.2) is 66.6 Å². The van der Waals surface area contributed by atoms with Gasteiger partial charge in [0.25, 0.3) is 0 Å². The molecule has 6 rings (SSSR count). The van der Waals surface area contributed by atoms with E-state index >= 15 is 0 Å². The molecule has 8 heteroatoms. The molecule has 1 saturated heterocycles. The second-order valence-corrected chi connectivity index (χ2v) is 12.3. The fraction of sp³-hybridized carbons (Fsp3) is 0.515. The maximum atomic E-state index is 13.9. The molecule has 0 unspecified atom stereocenters. The predicted octanol–water partition coefficient (Wildman–Crippen LogP) is 5.01. The SMILES string of the molecule is C=CCN1CC[C@]23c4c5c(OC(C)=O)cc(OC)c4O[C@H]2[C@@H](N(CC(C)C)C(=O)/C=C/c2ccoc2)CC[C@H]3[C@H]1C5. The van der Waals surface area contributed by atoms with Gasteiger partial charge in [-0.1, -0.05) is 19.9 Å². The van der Waals surface area contributed by atoms with Gasteiger partial charge in [-0.3, -0.25) is 14.5 Å². The van der Waals surface area contributed by atoms with E-state index < -0.39 is 0 Å². The van der Waals surface area contributed by atoms with Crippen molar-refractivity contribution in [1.29, 1.82) is 0 Å². The fourth-order valence-corrected chi connectivity index (χ4v) is 8.16. The highest BCUT2D eigenvalue weighted by Gasteiger charge is 2.67. The summed E-state index contributed by atoms with van der Waals surface area (Å²) < 4.78 is 23.8. The van der Waals surface area contributed by atoms with Gasteiger partial charge < -0.3 is 23.5 Å². The molecule has 2 bridgehead atoms. The number of benzene rings is 1. The largest absolute Gasteiger partial charge is 0.493 e. The number of methoxy groups -OCH3 is 1. The first-order chi connectivity index (χ1) is 19.8. The maximum Gasteiger partial charge on any atom is 0.308 e. The first kappa shape index (κ1) is 27.6. The number of hydrogen-bond acceptors (Lipinski definition) is 7. The lowest BCUT2D eigenvalue weighted by molar-refractivity contribution is -0.138. The van der Waals surface area contributed by atoms with Crippen LogP contribution in [-0.2, 0) is 21.4 Å². The molecule has 4 aliphatic rings. The Morgan fingerprint density at radius 1 is 1.29 bits per heavy atom. The number of ether oxygens (including phenoxy) is 3. The molecule has 0 N–H and O–H groups in total. The molecule has 1 aromatic carbocycles. The highest BCUT2D eigenvalue weighted by atomic mass is 16.5. The van der Waals surface area contributed by atoms with E-state index in [4.69, 9.17) is 18.6 Å². The first-order valence-electron chi connectivity index (χ1n) is 14.7. The Hall–Kier alpha value is -3.52. The highest BCUT2D eigenvalue weighted by molar-refractivity contribution is 5.92. The minimum Gasteiger partial charge on any atom is -0.493 e. The summed E-state index contributed by atoms with van der Waals surface area (Å²) in [6.45, 7) is 12.1. The van der Waals surface area contributed by atoms with Crippen molar-refractivity contribution in [3.05, 3.63) is 60.1 Å². The number of carbonyl (C=O) groups excluding carboxylic acids is 2. The van der Waals surface area contributed by atoms with Gasteiger partial charge in [0.1, 0.15) is 11.9 Å². The normalized spacial score (nSPS) is 27.8. The van der Waals surface area contributed by atoms with Gasteiger partial charge in [0, 0.05) is 60.3 Å². The number of amides is 1. The zero-order valence-electron chi connectivity index (χ0n) is 24.4. The lowest BCUT2D eigenvalue weighted by atomic mass is 9.50. The number of furan rings is 1. The Kier molecular flexibility index (Phi) is 7.22. The van der Waals surface area contributed by atoms with Gasteiger partial charge in [-0.05, 0) is 56.2 Å². The van der Waals surface area contributed by atoms with E-state index in [-0.39, 0.29) is 41.4 Å². The van der Waals surface area contributed by atoms with Crippen LogP contribution in [0.15, 0.2) is 47.8 Å². The van der Waals surface area contributed by atoms with E-state index in [0.29, 0.717) is 24.0 Å². The van der Waals surface area contributed by atoms with Crippen molar-refractivity contribution in [3.8, 4) is 17.2 Å². The second kappa shape index (κ2) is 10.7. The van der Waals surface area contributed by atoms with E-state index in [1.807, 2.05) is 23.1 Å². The Morgan fingerprint density at radius 2 is 2.12 bits per heavy atom. The third-order valence-corrected chi connectivity index (χ3v) is 9.52. The van der Waals surface area contributed by atoms with Crippen molar-refractivity contribution in [1.82, 2.24) is 9.80 Å². The number of carbonyl (C=O) groups is 2. The molecular formula is C33H40N2O6. The fourth-order valence-electron chi connectivity index (χ4n) is 8.16. The second-order valence-electron chi connectivity index (χ2n) is 12.3. The van der Waals surface area contributed by atoms with Crippen molar-refractivity contribution < 1.29 is 28.2 Å². The van der Waals surface area contributed by atoms with E-state index in [1.54, 1.807) is 31.8 Å². The molecule has 2 aromatic rings. The Labute approximate surface area is 241 Å². The van der Waals surface area contributed by atoms with Crippen LogP contribution in [0.1, 0.15) is 56.7 Å². The molecule has 41 heavy (non-hydrogen) atoms. The van der Waals surface area contributed by atoms with Crippen LogP contribution >= 0.6 is 0 Å². The summed E-state index contributed by atoms with van der Waals surface area (Å²) in [5, 5.41) is 0. The summed E-state index contributed by atoms with van der Waals surface area (Å²) in [6.07, 6.45) is 12.0. The molecule has 2 aliphatic carbocycles. The van der Waals surface area contributed by atoms with Crippen LogP contribution in [0.5, 0.6) is 17.2 Å². The lowest BCUT2D eigenvalue weighted by Gasteiger charge is -2.60. The van der Waals surface area contributed by atoms with Crippen LogP contribution in [0.3, 0.4) is 0 Å². The van der Waals surface area contributed by atoms with Crippen molar-refractivity contribution in [2.45, 2.75) is 70.1 Å². The molecule has 1 spiro atoms. The van der Waals surface area contributed by atoms with E-state index in [2.05, 4.69) is 25.3 Å². The minimum absolute atomic E-state index is 0.0245. The first-order valence-corrected chi connectivity index (χ1v) is 14.7. The molecule has 1 aromatic heterocycles. The number of hydrogen-bond donors (Lipinski definition) is 0. The summed E-state index contributed by atoms with van der Waals surface area (Å²) >= 11 is 0. The standard InChI is InChI=1S/C33H40N2O6/c1-6-13-34-14-12-33-24-8-9-25(35(18-20(2)3)29(37)10-7-22-11-15-39-19-22)32(33)41-31-28(38-5)17-27(40-21(4)36)23(30(31)33)16-26(24)34/h6-7,10-11,15,17,19-20,24-26,32H,1,8-9,12-14,16,18H2,2-5H3/b10-7+/t24-,25-,26+,32-,33-/m0/s1. The summed E-state index contributed by atoms with van der Waals surface area (Å²) in [5.41, 5.74) is 2.72. The molecule has 0 radical (unpaired) electrons. The highest BCUT2D eigenvalue weighted by Crippen LogP contribution is 2.65. The summed E-state index contributed by atoms with van der Waals surface area (Å²) in [4.78, 5) is 30.6. The number of piperidine rings is 1. The van der Waals surface area contributed by atoms with Gasteiger partial charge in [-0.15, -0.1) is 6.58 Å². The van der Waals surface area contributed by atoms with E-state index in [1.165, 1.54) is 6.92 Å². The monoisotopic (exact) mass is 560 g/mol. The van der Waals surface area contributed by atoms with Gasteiger partial charge >= 0.3 is 5.97 Å². The number of rotatable bonds is 9. The number of esters is 1. The average molecular weight is 561 g/mol. The quantitative estimate of drug-likeness (QED) is 0.185. The summed E-state index contributed by atoms with van der Waals surface area (Å²) in [6, 6.07) is 3.80. The molecule has 5 atom stereocenters. The van der Waals surface area contributed by atoms with Crippen LogP contribution < -0.4 is 14.2 Å². The Balaban J connectivity index is 1.47. The van der Waals surface area contributed by atoms with Crippen molar-refractivity contribution in [2.75, 3.05) is 26.7 Å². The van der Waals surface area contributed by atoms with Crippen LogP contribution in [0.25, 0.3) is 6.08 Å². The van der Waals surface area contributed by atoms with E-state index in [0.717, 1.165) is 61.2 Å². The smallest absolute Gasteiger partial charge is 0.308 e. The van der Waals surface area contributed by atoms with Gasteiger partial charge in [0.05, 0.1) is 25.7 Å². The predicted molar refractivity (Wildman–Crippen MR) is 155 cm³/mol. The number of nitrogens with zero attached hydrogens (tertiary/aromatic N) is 2. The molecule has 218 valence electrons. The molecule has 2 aliphatic heterocycles. The van der Waals surface area contributed by atoms with Crippen molar-refractivity contribution >= 4 is 18.0 Å². The van der Waals surface area contributed by atoms with Gasteiger partial charge in [0.15, 0.2) is 11.5 Å². The third kappa shape index (κ3) is 4.47. The van der Waals surface area contributed by atoms with Gasteiger partial charge in [-0.25, -0.2) is 0 Å². The van der Waals surface area contributed by atoms with E-state index in [9.17, 15) is 9.59 Å². The molecule has 8 nitrogen and oxygen atoms in total. The van der Waals surface area contributed by atoms with Crippen LogP contribution in [0, 0.1) is 11.8 Å². The van der Waals surface area contributed by atoms with Crippen molar-refractivity contribution in [3.63, 3.8) is 0 Å². The maximum absolute atomic E-state index is 13.9. The van der Waals surface area contributed by atoms with Gasteiger partial charge in [0.2, 0.25) is 5.91 Å². The molecule has 2 fully saturated rings. The molecular weight excluding hydrogens is 520 g/mol. The van der Waals surface area contributed by atoms with Crippen LogP contribution in [0.2, 0.25) is 0 Å². The number of likely N-dealkylation sites (tertiary alicyclic amines) is 1. The summed E-state index contributed by atoms with van der Waals surface area (Å²) in [7, 11) is 1.63. The third-order valence-electron chi connectivity index (χ3n) is 9.52. The molecule has 1 amide bonds. The zero-order valence-corrected chi connectivity index (χ0v) is 24.4. The minimum atomic E-state index is -0.355. The van der Waals surface area contributed by atoms with Gasteiger partial charge in [-0.2, -0.15) is 0 Å². The summed E-state index contributed by atoms with van der Waals surface area (Å²) in [5.74, 6) is 2.14. The zero-order chi connectivity index (χ0) is 28.9. The van der Waals surface area contributed by atoms with Crippen LogP contribution in [0.4, 0.5) is 0 Å². The molecule has 1 saturated carbocycles. The lowest BCUT2D eigenvalue weighted by Crippen LogP contribution is -2.69. The average Bonchev–Trinajstić information content (AvgIpc) is 3.58. The Morgan fingerprint density at radius 3 is 2.80 bits per heavy atom. The molecule has 3 heterocycles.